The quantitative estimate of drug-likeness (QED) is 0.359. The van der Waals surface area contributed by atoms with Gasteiger partial charge in [0.25, 0.3) is 0 Å². The highest BCUT2D eigenvalue weighted by atomic mass is 14.8. The molecule has 0 aliphatic heterocycles. The molecular formula is C27H20N2. The Hall–Kier alpha value is -3.91. The van der Waals surface area contributed by atoms with Crippen LogP contribution in [0.25, 0.3) is 44.9 Å². The van der Waals surface area contributed by atoms with E-state index in [-0.39, 0.29) is 0 Å². The Bertz CT molecular complexity index is 1110. The van der Waals surface area contributed by atoms with Gasteiger partial charge in [-0.25, -0.2) is 0 Å². The van der Waals surface area contributed by atoms with Crippen LogP contribution in [0.15, 0.2) is 115 Å². The van der Waals surface area contributed by atoms with Crippen molar-refractivity contribution in [3.8, 4) is 44.9 Å². The first-order chi connectivity index (χ1) is 14.4. The van der Waals surface area contributed by atoms with E-state index in [2.05, 4.69) is 89.9 Å². The van der Waals surface area contributed by atoms with Crippen molar-refractivity contribution in [1.29, 1.82) is 0 Å². The summed E-state index contributed by atoms with van der Waals surface area (Å²) in [6.45, 7) is 0. The first-order valence-electron chi connectivity index (χ1n) is 9.75. The molecule has 0 bridgehead atoms. The molecule has 0 saturated carbocycles. The molecule has 5 aromatic rings. The summed E-state index contributed by atoms with van der Waals surface area (Å²) in [5.41, 5.74) is 8.93. The van der Waals surface area contributed by atoms with Crippen LogP contribution in [0, 0.1) is 0 Å². The molecule has 2 nitrogen and oxygen atoms in total. The lowest BCUT2D eigenvalue weighted by Gasteiger charge is -2.09. The summed E-state index contributed by atoms with van der Waals surface area (Å²) in [5.74, 6) is 0. The smallest absolute Gasteiger partial charge is 0.0730 e. The fourth-order valence-electron chi connectivity index (χ4n) is 3.80. The Morgan fingerprint density at radius 1 is 0.448 bits per heavy atom. The topological polar surface area (TPSA) is 28.7 Å². The van der Waals surface area contributed by atoms with Gasteiger partial charge in [-0.15, -0.1) is 0 Å². The Labute approximate surface area is 170 Å². The molecule has 29 heavy (non-hydrogen) atoms. The van der Waals surface area contributed by atoms with Crippen LogP contribution >= 0.6 is 0 Å². The average molecular weight is 372 g/mol. The second-order valence-electron chi connectivity index (χ2n) is 6.94. The highest BCUT2D eigenvalue weighted by molar-refractivity contribution is 6.00. The predicted octanol–water partition coefficient (Wildman–Crippen LogP) is 7.08. The van der Waals surface area contributed by atoms with E-state index in [0.717, 1.165) is 33.8 Å². The highest BCUT2D eigenvalue weighted by Crippen LogP contribution is 2.45. The Morgan fingerprint density at radius 2 is 0.931 bits per heavy atom. The molecule has 0 fully saturated rings. The van der Waals surface area contributed by atoms with Crippen LogP contribution in [0.3, 0.4) is 0 Å². The number of aromatic nitrogens is 2. The summed E-state index contributed by atoms with van der Waals surface area (Å²) in [7, 11) is 0. The SMILES string of the molecule is c1ccc(-c2[nH]c(-c3ccccc3)c(-c3ccccn3)c2-c2ccccc2)cc1. The molecule has 2 aromatic heterocycles. The number of benzene rings is 3. The van der Waals surface area contributed by atoms with Crippen molar-refractivity contribution < 1.29 is 0 Å². The van der Waals surface area contributed by atoms with Gasteiger partial charge in [0.1, 0.15) is 0 Å². The summed E-state index contributed by atoms with van der Waals surface area (Å²) < 4.78 is 0. The summed E-state index contributed by atoms with van der Waals surface area (Å²) in [6, 6.07) is 37.6. The molecular weight excluding hydrogens is 352 g/mol. The number of aromatic amines is 1. The van der Waals surface area contributed by atoms with Gasteiger partial charge in [0, 0.05) is 17.3 Å². The van der Waals surface area contributed by atoms with E-state index in [4.69, 9.17) is 4.98 Å². The molecule has 0 atom stereocenters. The van der Waals surface area contributed by atoms with E-state index in [0.29, 0.717) is 0 Å². The summed E-state index contributed by atoms with van der Waals surface area (Å²) in [6.07, 6.45) is 1.86. The number of nitrogens with one attached hydrogen (secondary N) is 1. The van der Waals surface area contributed by atoms with E-state index < -0.39 is 0 Å². The summed E-state index contributed by atoms with van der Waals surface area (Å²) in [5, 5.41) is 0. The van der Waals surface area contributed by atoms with Crippen LogP contribution in [-0.2, 0) is 0 Å². The van der Waals surface area contributed by atoms with Crippen molar-refractivity contribution >= 4 is 0 Å². The maximum atomic E-state index is 4.71. The zero-order chi connectivity index (χ0) is 19.5. The Kier molecular flexibility index (Phi) is 4.51. The zero-order valence-electron chi connectivity index (χ0n) is 15.9. The average Bonchev–Trinajstić information content (AvgIpc) is 3.22. The molecule has 5 rings (SSSR count). The fourth-order valence-corrected chi connectivity index (χ4v) is 3.80. The molecule has 0 radical (unpaired) electrons. The fraction of sp³-hybridized carbons (Fsp3) is 0. The lowest BCUT2D eigenvalue weighted by atomic mass is 9.93. The lowest BCUT2D eigenvalue weighted by molar-refractivity contribution is 1.32. The van der Waals surface area contributed by atoms with Crippen molar-refractivity contribution in [2.75, 3.05) is 0 Å². The third-order valence-corrected chi connectivity index (χ3v) is 5.11. The molecule has 138 valence electrons. The number of rotatable bonds is 4. The maximum Gasteiger partial charge on any atom is 0.0730 e. The highest BCUT2D eigenvalue weighted by Gasteiger charge is 2.22. The lowest BCUT2D eigenvalue weighted by Crippen LogP contribution is -1.88. The van der Waals surface area contributed by atoms with E-state index >= 15 is 0 Å². The van der Waals surface area contributed by atoms with E-state index in [1.54, 1.807) is 0 Å². The molecule has 0 saturated heterocycles. The zero-order valence-corrected chi connectivity index (χ0v) is 15.9. The standard InChI is InChI=1S/C27H20N2/c1-4-12-20(13-5-1)24-25(23-18-10-11-19-28-23)27(22-16-8-3-9-17-22)29-26(24)21-14-6-2-7-15-21/h1-19,29H. The summed E-state index contributed by atoms with van der Waals surface area (Å²) >= 11 is 0. The van der Waals surface area contributed by atoms with Crippen molar-refractivity contribution in [2.45, 2.75) is 0 Å². The molecule has 0 aliphatic carbocycles. The third kappa shape index (κ3) is 3.26. The number of nitrogens with zero attached hydrogens (tertiary/aromatic N) is 1. The molecule has 2 heterocycles. The van der Waals surface area contributed by atoms with Crippen LogP contribution in [-0.4, -0.2) is 9.97 Å². The minimum absolute atomic E-state index is 0.962. The maximum absolute atomic E-state index is 4.71. The normalized spacial score (nSPS) is 10.8. The van der Waals surface area contributed by atoms with Gasteiger partial charge in [0.05, 0.1) is 17.1 Å². The first kappa shape index (κ1) is 17.2. The van der Waals surface area contributed by atoms with Gasteiger partial charge in [-0.2, -0.15) is 0 Å². The van der Waals surface area contributed by atoms with Gasteiger partial charge in [-0.1, -0.05) is 97.1 Å². The summed E-state index contributed by atoms with van der Waals surface area (Å²) in [4.78, 5) is 8.45. The van der Waals surface area contributed by atoms with Gasteiger partial charge >= 0.3 is 0 Å². The monoisotopic (exact) mass is 372 g/mol. The van der Waals surface area contributed by atoms with Crippen LogP contribution in [0.4, 0.5) is 0 Å². The number of hydrogen-bond acceptors (Lipinski definition) is 1. The van der Waals surface area contributed by atoms with Crippen LogP contribution in [0.5, 0.6) is 0 Å². The second-order valence-corrected chi connectivity index (χ2v) is 6.94. The third-order valence-electron chi connectivity index (χ3n) is 5.11. The first-order valence-corrected chi connectivity index (χ1v) is 9.75. The van der Waals surface area contributed by atoms with Crippen LogP contribution < -0.4 is 0 Å². The van der Waals surface area contributed by atoms with Crippen molar-refractivity contribution in [3.05, 3.63) is 115 Å². The van der Waals surface area contributed by atoms with Crippen LogP contribution in [0.1, 0.15) is 0 Å². The minimum Gasteiger partial charge on any atom is -0.353 e. The van der Waals surface area contributed by atoms with Gasteiger partial charge in [0.15, 0.2) is 0 Å². The molecule has 0 unspecified atom stereocenters. The number of pyridine rings is 1. The second kappa shape index (κ2) is 7.61. The molecule has 1 N–H and O–H groups in total. The number of H-pyrrole nitrogens is 1. The van der Waals surface area contributed by atoms with Gasteiger partial charge < -0.3 is 4.98 Å². The Balaban J connectivity index is 1.89. The van der Waals surface area contributed by atoms with E-state index in [9.17, 15) is 0 Å². The van der Waals surface area contributed by atoms with E-state index in [1.165, 1.54) is 11.1 Å². The Morgan fingerprint density at radius 3 is 1.45 bits per heavy atom. The van der Waals surface area contributed by atoms with Crippen molar-refractivity contribution in [2.24, 2.45) is 0 Å². The molecule has 3 aromatic carbocycles. The molecule has 0 aliphatic rings. The number of hydrogen-bond donors (Lipinski definition) is 1. The predicted molar refractivity (Wildman–Crippen MR) is 120 cm³/mol. The van der Waals surface area contributed by atoms with Crippen molar-refractivity contribution in [1.82, 2.24) is 9.97 Å². The van der Waals surface area contributed by atoms with Crippen LogP contribution in [0.2, 0.25) is 0 Å². The minimum atomic E-state index is 0.962. The van der Waals surface area contributed by atoms with Crippen molar-refractivity contribution in [3.63, 3.8) is 0 Å². The molecule has 0 spiro atoms. The molecule has 2 heteroatoms. The molecule has 0 amide bonds. The van der Waals surface area contributed by atoms with Gasteiger partial charge in [-0.3, -0.25) is 4.98 Å². The van der Waals surface area contributed by atoms with Gasteiger partial charge in [-0.05, 0) is 28.8 Å². The largest absolute Gasteiger partial charge is 0.353 e. The van der Waals surface area contributed by atoms with Gasteiger partial charge in [0.2, 0.25) is 0 Å². The van der Waals surface area contributed by atoms with E-state index in [1.807, 2.05) is 30.5 Å².